The zero-order valence-electron chi connectivity index (χ0n) is 10.4. The molecule has 0 amide bonds. The van der Waals surface area contributed by atoms with Crippen molar-refractivity contribution < 1.29 is 5.21 Å². The highest BCUT2D eigenvalue weighted by molar-refractivity contribution is 6.30. The van der Waals surface area contributed by atoms with E-state index in [0.29, 0.717) is 5.92 Å². The minimum atomic E-state index is 0.346. The Hall–Kier alpha value is -1.80. The van der Waals surface area contributed by atoms with Crippen LogP contribution in [0.3, 0.4) is 0 Å². The van der Waals surface area contributed by atoms with E-state index in [2.05, 4.69) is 23.4 Å². The molecule has 0 radical (unpaired) electrons. The molecule has 0 heterocycles. The molecule has 0 fully saturated rings. The summed E-state index contributed by atoms with van der Waals surface area (Å²) < 4.78 is 0. The molecule has 2 aromatic carbocycles. The molecule has 3 rings (SSSR count). The summed E-state index contributed by atoms with van der Waals surface area (Å²) in [5.41, 5.74) is 4.31. The van der Waals surface area contributed by atoms with Crippen LogP contribution in [0.1, 0.15) is 35.4 Å². The average molecular weight is 272 g/mol. The molecule has 3 heteroatoms. The van der Waals surface area contributed by atoms with E-state index in [9.17, 15) is 0 Å². The molecule has 0 saturated heterocycles. The Morgan fingerprint density at radius 1 is 1.05 bits per heavy atom. The summed E-state index contributed by atoms with van der Waals surface area (Å²) in [6, 6.07) is 16.1. The lowest BCUT2D eigenvalue weighted by atomic mass is 9.78. The normalized spacial score (nSPS) is 20.3. The maximum absolute atomic E-state index is 9.10. The maximum Gasteiger partial charge on any atom is 0.0871 e. The molecule has 0 aromatic heterocycles. The van der Waals surface area contributed by atoms with Crippen LogP contribution in [0.15, 0.2) is 53.7 Å². The van der Waals surface area contributed by atoms with Gasteiger partial charge in [0.05, 0.1) is 5.71 Å². The third-order valence-corrected chi connectivity index (χ3v) is 3.96. The molecule has 1 aliphatic rings. The first-order valence-electron chi connectivity index (χ1n) is 6.35. The highest BCUT2D eigenvalue weighted by Gasteiger charge is 2.25. The average Bonchev–Trinajstić information content (AvgIpc) is 2.47. The minimum Gasteiger partial charge on any atom is -0.411 e. The predicted molar refractivity (Wildman–Crippen MR) is 77.3 cm³/mol. The number of rotatable bonds is 1. The van der Waals surface area contributed by atoms with Crippen molar-refractivity contribution in [2.75, 3.05) is 0 Å². The Bertz CT molecular complexity index is 619. The zero-order chi connectivity index (χ0) is 13.2. The molecule has 2 aromatic rings. The molecule has 0 saturated carbocycles. The van der Waals surface area contributed by atoms with Gasteiger partial charge >= 0.3 is 0 Å². The van der Waals surface area contributed by atoms with E-state index in [1.54, 1.807) is 0 Å². The second-order valence-corrected chi connectivity index (χ2v) is 5.21. The van der Waals surface area contributed by atoms with E-state index in [-0.39, 0.29) is 0 Å². The highest BCUT2D eigenvalue weighted by atomic mass is 35.5. The molecular weight excluding hydrogens is 258 g/mol. The SMILES string of the molecule is O/N=C1\CCC(c2ccc(Cl)cc2)c2ccccc21. The molecule has 2 nitrogen and oxygen atoms in total. The van der Waals surface area contributed by atoms with Gasteiger partial charge in [-0.25, -0.2) is 0 Å². The van der Waals surface area contributed by atoms with Crippen molar-refractivity contribution in [1.29, 1.82) is 0 Å². The number of halogens is 1. The molecule has 0 bridgehead atoms. The summed E-state index contributed by atoms with van der Waals surface area (Å²) in [5.74, 6) is 0.346. The van der Waals surface area contributed by atoms with Gasteiger partial charge < -0.3 is 5.21 Å². The number of hydrogen-bond donors (Lipinski definition) is 1. The van der Waals surface area contributed by atoms with Gasteiger partial charge in [-0.05, 0) is 36.1 Å². The van der Waals surface area contributed by atoms with Crippen molar-refractivity contribution in [3.8, 4) is 0 Å². The molecule has 96 valence electrons. The van der Waals surface area contributed by atoms with Crippen LogP contribution in [0.2, 0.25) is 5.02 Å². The topological polar surface area (TPSA) is 32.6 Å². The lowest BCUT2D eigenvalue weighted by molar-refractivity contribution is 0.317. The fraction of sp³-hybridized carbons (Fsp3) is 0.188. The molecule has 1 atom stereocenters. The van der Waals surface area contributed by atoms with Crippen LogP contribution in [-0.2, 0) is 0 Å². The lowest BCUT2D eigenvalue weighted by Gasteiger charge is -2.26. The van der Waals surface area contributed by atoms with Gasteiger partial charge in [-0.1, -0.05) is 53.2 Å². The molecule has 0 aliphatic heterocycles. The van der Waals surface area contributed by atoms with Crippen molar-refractivity contribution in [2.45, 2.75) is 18.8 Å². The van der Waals surface area contributed by atoms with E-state index < -0.39 is 0 Å². The van der Waals surface area contributed by atoms with Gasteiger partial charge in [-0.15, -0.1) is 0 Å². The number of hydrogen-bond acceptors (Lipinski definition) is 2. The largest absolute Gasteiger partial charge is 0.411 e. The predicted octanol–water partition coefficient (Wildman–Crippen LogP) is 4.44. The van der Waals surface area contributed by atoms with Crippen LogP contribution in [0, 0.1) is 0 Å². The Labute approximate surface area is 117 Å². The summed E-state index contributed by atoms with van der Waals surface area (Å²) in [6.07, 6.45) is 1.75. The van der Waals surface area contributed by atoms with Crippen LogP contribution in [-0.4, -0.2) is 10.9 Å². The van der Waals surface area contributed by atoms with Crippen molar-refractivity contribution in [1.82, 2.24) is 0 Å². The fourth-order valence-electron chi connectivity index (χ4n) is 2.78. The Balaban J connectivity index is 2.07. The smallest absolute Gasteiger partial charge is 0.0871 e. The highest BCUT2D eigenvalue weighted by Crippen LogP contribution is 2.37. The Morgan fingerprint density at radius 3 is 2.53 bits per heavy atom. The van der Waals surface area contributed by atoms with Crippen LogP contribution < -0.4 is 0 Å². The third kappa shape index (κ3) is 2.24. The molecule has 1 aliphatic carbocycles. The van der Waals surface area contributed by atoms with E-state index in [4.69, 9.17) is 16.8 Å². The second-order valence-electron chi connectivity index (χ2n) is 4.78. The van der Waals surface area contributed by atoms with Crippen molar-refractivity contribution in [2.24, 2.45) is 5.16 Å². The zero-order valence-corrected chi connectivity index (χ0v) is 11.1. The standard InChI is InChI=1S/C16H14ClNO/c17-12-7-5-11(6-8-12)13-9-10-16(18-19)15-4-2-1-3-14(13)15/h1-8,13,19H,9-10H2/b18-16+. The summed E-state index contributed by atoms with van der Waals surface area (Å²) in [5, 5.41) is 13.3. The molecular formula is C16H14ClNO. The summed E-state index contributed by atoms with van der Waals surface area (Å²) in [4.78, 5) is 0. The summed E-state index contributed by atoms with van der Waals surface area (Å²) in [7, 11) is 0. The second kappa shape index (κ2) is 5.06. The van der Waals surface area contributed by atoms with Gasteiger partial charge in [-0.2, -0.15) is 0 Å². The van der Waals surface area contributed by atoms with Gasteiger partial charge in [0.25, 0.3) is 0 Å². The van der Waals surface area contributed by atoms with Crippen molar-refractivity contribution in [3.63, 3.8) is 0 Å². The Morgan fingerprint density at radius 2 is 1.79 bits per heavy atom. The molecule has 1 N–H and O–H groups in total. The van der Waals surface area contributed by atoms with Crippen LogP contribution in [0.5, 0.6) is 0 Å². The number of fused-ring (bicyclic) bond motifs is 1. The summed E-state index contributed by atoms with van der Waals surface area (Å²) in [6.45, 7) is 0. The quantitative estimate of drug-likeness (QED) is 0.603. The maximum atomic E-state index is 9.10. The lowest BCUT2D eigenvalue weighted by Crippen LogP contribution is -2.17. The van der Waals surface area contributed by atoms with Gasteiger partial charge in [0, 0.05) is 16.5 Å². The fourth-order valence-corrected chi connectivity index (χ4v) is 2.91. The monoisotopic (exact) mass is 271 g/mol. The van der Waals surface area contributed by atoms with Crippen LogP contribution >= 0.6 is 11.6 Å². The number of nitrogens with zero attached hydrogens (tertiary/aromatic N) is 1. The van der Waals surface area contributed by atoms with Crippen molar-refractivity contribution >= 4 is 17.3 Å². The van der Waals surface area contributed by atoms with Gasteiger partial charge in [-0.3, -0.25) is 0 Å². The minimum absolute atomic E-state index is 0.346. The first kappa shape index (κ1) is 12.2. The first-order chi connectivity index (χ1) is 9.29. The van der Waals surface area contributed by atoms with E-state index >= 15 is 0 Å². The number of benzene rings is 2. The van der Waals surface area contributed by atoms with Gasteiger partial charge in [0.2, 0.25) is 0 Å². The Kier molecular flexibility index (Phi) is 3.26. The first-order valence-corrected chi connectivity index (χ1v) is 6.73. The van der Waals surface area contributed by atoms with Crippen molar-refractivity contribution in [3.05, 3.63) is 70.2 Å². The van der Waals surface area contributed by atoms with Crippen LogP contribution in [0.25, 0.3) is 0 Å². The molecule has 0 spiro atoms. The molecule has 19 heavy (non-hydrogen) atoms. The van der Waals surface area contributed by atoms with Gasteiger partial charge in [0.15, 0.2) is 0 Å². The molecule has 1 unspecified atom stereocenters. The number of oxime groups is 1. The van der Waals surface area contributed by atoms with E-state index in [0.717, 1.165) is 29.1 Å². The van der Waals surface area contributed by atoms with Crippen LogP contribution in [0.4, 0.5) is 0 Å². The third-order valence-electron chi connectivity index (χ3n) is 3.71. The van der Waals surface area contributed by atoms with E-state index in [1.807, 2.05) is 30.3 Å². The van der Waals surface area contributed by atoms with E-state index in [1.165, 1.54) is 11.1 Å². The summed E-state index contributed by atoms with van der Waals surface area (Å²) >= 11 is 5.94. The van der Waals surface area contributed by atoms with Gasteiger partial charge in [0.1, 0.15) is 0 Å².